The average Bonchev–Trinajstić information content (AvgIpc) is 3.04. The van der Waals surface area contributed by atoms with Crippen LogP contribution in [0, 0.1) is 13.8 Å². The number of piperazine rings is 1. The number of anilines is 1. The van der Waals surface area contributed by atoms with Crippen LogP contribution < -0.4 is 5.32 Å². The molecule has 1 aliphatic rings. The summed E-state index contributed by atoms with van der Waals surface area (Å²) >= 11 is 1.27. The molecule has 11 heteroatoms. The van der Waals surface area contributed by atoms with Crippen molar-refractivity contribution in [1.29, 1.82) is 0 Å². The molecule has 0 spiro atoms. The van der Waals surface area contributed by atoms with Crippen LogP contribution >= 0.6 is 11.3 Å². The van der Waals surface area contributed by atoms with Crippen molar-refractivity contribution in [3.8, 4) is 0 Å². The third-order valence-corrected chi connectivity index (χ3v) is 8.21. The third-order valence-electron chi connectivity index (χ3n) is 5.18. The molecule has 2 amide bonds. The van der Waals surface area contributed by atoms with Crippen LogP contribution in [-0.4, -0.2) is 68.2 Å². The summed E-state index contributed by atoms with van der Waals surface area (Å²) in [6, 6.07) is 8.14. The monoisotopic (exact) mass is 479 g/mol. The number of ether oxygens (including phenoxy) is 1. The number of nitrogens with zero attached hydrogens (tertiary/aromatic N) is 2. The number of carbonyl (C=O) groups excluding carboxylic acids is 3. The zero-order valence-corrected chi connectivity index (χ0v) is 19.7. The van der Waals surface area contributed by atoms with E-state index in [0.717, 1.165) is 4.88 Å². The maximum atomic E-state index is 12.7. The molecule has 32 heavy (non-hydrogen) atoms. The van der Waals surface area contributed by atoms with E-state index in [2.05, 4.69) is 5.32 Å². The zero-order valence-electron chi connectivity index (χ0n) is 18.1. The van der Waals surface area contributed by atoms with Crippen molar-refractivity contribution in [3.05, 3.63) is 46.3 Å². The second kappa shape index (κ2) is 9.80. The van der Waals surface area contributed by atoms with Gasteiger partial charge < -0.3 is 15.0 Å². The highest BCUT2D eigenvalue weighted by Gasteiger charge is 2.30. The summed E-state index contributed by atoms with van der Waals surface area (Å²) in [4.78, 5) is 39.1. The van der Waals surface area contributed by atoms with Gasteiger partial charge in [0.1, 0.15) is 5.00 Å². The summed E-state index contributed by atoms with van der Waals surface area (Å²) in [5.74, 6) is -1.39. The van der Waals surface area contributed by atoms with Gasteiger partial charge in [-0.1, -0.05) is 18.2 Å². The molecule has 2 heterocycles. The standard InChI is InChI=1S/C21H25N3O6S2/c1-14-15(2)31-20(22-16(3)25)19(14)21(27)30-13-18(26)23-9-11-24(12-10-23)32(28,29)17-7-5-4-6-8-17/h4-8H,9-13H2,1-3H3,(H,22,25). The van der Waals surface area contributed by atoms with Crippen molar-refractivity contribution in [2.24, 2.45) is 0 Å². The second-order valence-electron chi connectivity index (χ2n) is 7.34. The number of sulfonamides is 1. The van der Waals surface area contributed by atoms with Gasteiger partial charge in [0.25, 0.3) is 5.91 Å². The number of rotatable bonds is 6. The van der Waals surface area contributed by atoms with Crippen molar-refractivity contribution in [2.75, 3.05) is 38.1 Å². The molecule has 3 rings (SSSR count). The highest BCUT2D eigenvalue weighted by atomic mass is 32.2. The Balaban J connectivity index is 1.57. The van der Waals surface area contributed by atoms with Crippen LogP contribution in [0.25, 0.3) is 0 Å². The predicted octanol–water partition coefficient (Wildman–Crippen LogP) is 2.01. The fourth-order valence-electron chi connectivity index (χ4n) is 3.33. The summed E-state index contributed by atoms with van der Waals surface area (Å²) in [6.07, 6.45) is 0. The van der Waals surface area contributed by atoms with Crippen LogP contribution in [-0.2, 0) is 24.3 Å². The molecule has 0 bridgehead atoms. The van der Waals surface area contributed by atoms with Crippen LogP contribution in [0.1, 0.15) is 27.7 Å². The second-order valence-corrected chi connectivity index (χ2v) is 10.5. The fourth-order valence-corrected chi connectivity index (χ4v) is 5.87. The van der Waals surface area contributed by atoms with E-state index in [1.807, 2.05) is 6.92 Å². The van der Waals surface area contributed by atoms with Crippen molar-refractivity contribution in [2.45, 2.75) is 25.7 Å². The molecule has 0 aliphatic carbocycles. The minimum Gasteiger partial charge on any atom is -0.452 e. The van der Waals surface area contributed by atoms with Gasteiger partial charge >= 0.3 is 5.97 Å². The first-order chi connectivity index (χ1) is 15.1. The number of hydrogen-bond acceptors (Lipinski definition) is 7. The first-order valence-corrected chi connectivity index (χ1v) is 12.2. The maximum absolute atomic E-state index is 12.7. The van der Waals surface area contributed by atoms with Gasteiger partial charge in [0.15, 0.2) is 6.61 Å². The fraction of sp³-hybridized carbons (Fsp3) is 0.381. The topological polar surface area (TPSA) is 113 Å². The third kappa shape index (κ3) is 5.17. The Morgan fingerprint density at radius 2 is 1.69 bits per heavy atom. The summed E-state index contributed by atoms with van der Waals surface area (Å²) < 4.78 is 32.0. The van der Waals surface area contributed by atoms with E-state index in [1.165, 1.54) is 39.6 Å². The molecule has 0 saturated carbocycles. The van der Waals surface area contributed by atoms with E-state index in [4.69, 9.17) is 4.74 Å². The number of thiophene rings is 1. The molecule has 1 fully saturated rings. The first kappa shape index (κ1) is 23.9. The number of nitrogens with one attached hydrogen (secondary N) is 1. The number of aryl methyl sites for hydroxylation is 1. The summed E-state index contributed by atoms with van der Waals surface area (Å²) in [7, 11) is -3.61. The van der Waals surface area contributed by atoms with E-state index in [1.54, 1.807) is 25.1 Å². The van der Waals surface area contributed by atoms with Crippen LogP contribution in [0.4, 0.5) is 5.00 Å². The molecule has 0 unspecified atom stereocenters. The van der Waals surface area contributed by atoms with Crippen LogP contribution in [0.2, 0.25) is 0 Å². The lowest BCUT2D eigenvalue weighted by atomic mass is 10.1. The minimum absolute atomic E-state index is 0.159. The average molecular weight is 480 g/mol. The highest BCUT2D eigenvalue weighted by molar-refractivity contribution is 7.89. The number of carbonyl (C=O) groups is 3. The summed E-state index contributed by atoms with van der Waals surface area (Å²) in [5, 5.41) is 3.01. The quantitative estimate of drug-likeness (QED) is 0.634. The van der Waals surface area contributed by atoms with E-state index in [-0.39, 0.29) is 42.5 Å². The summed E-state index contributed by atoms with van der Waals surface area (Å²) in [6.45, 7) is 5.20. The van der Waals surface area contributed by atoms with Crippen LogP contribution in [0.3, 0.4) is 0 Å². The van der Waals surface area contributed by atoms with Gasteiger partial charge in [-0.05, 0) is 31.5 Å². The molecule has 1 aromatic carbocycles. The molecule has 0 radical (unpaired) electrons. The maximum Gasteiger partial charge on any atom is 0.341 e. The van der Waals surface area contributed by atoms with Crippen molar-refractivity contribution < 1.29 is 27.5 Å². The molecular formula is C21H25N3O6S2. The van der Waals surface area contributed by atoms with Gasteiger partial charge in [0.2, 0.25) is 15.9 Å². The number of hydrogen-bond donors (Lipinski definition) is 1. The molecule has 9 nitrogen and oxygen atoms in total. The number of amides is 2. The normalized spacial score (nSPS) is 14.8. The van der Waals surface area contributed by atoms with Crippen molar-refractivity contribution in [3.63, 3.8) is 0 Å². The van der Waals surface area contributed by atoms with Crippen LogP contribution in [0.5, 0.6) is 0 Å². The Bertz CT molecular complexity index is 1120. The lowest BCUT2D eigenvalue weighted by Gasteiger charge is -2.33. The molecule has 1 aliphatic heterocycles. The van der Waals surface area contributed by atoms with Crippen molar-refractivity contribution in [1.82, 2.24) is 9.21 Å². The zero-order chi connectivity index (χ0) is 23.5. The van der Waals surface area contributed by atoms with Crippen molar-refractivity contribution >= 4 is 44.1 Å². The summed E-state index contributed by atoms with van der Waals surface area (Å²) in [5.41, 5.74) is 0.935. The lowest BCUT2D eigenvalue weighted by molar-refractivity contribution is -0.135. The van der Waals surface area contributed by atoms with Gasteiger partial charge in [-0.2, -0.15) is 4.31 Å². The van der Waals surface area contributed by atoms with E-state index >= 15 is 0 Å². The van der Waals surface area contributed by atoms with E-state index in [9.17, 15) is 22.8 Å². The molecule has 1 aromatic heterocycles. The highest BCUT2D eigenvalue weighted by Crippen LogP contribution is 2.33. The number of benzene rings is 1. The minimum atomic E-state index is -3.61. The van der Waals surface area contributed by atoms with E-state index < -0.39 is 28.5 Å². The SMILES string of the molecule is CC(=O)Nc1sc(C)c(C)c1C(=O)OCC(=O)N1CCN(S(=O)(=O)c2ccccc2)CC1. The molecule has 0 atom stereocenters. The molecular weight excluding hydrogens is 454 g/mol. The first-order valence-electron chi connectivity index (χ1n) is 9.99. The predicted molar refractivity (Wildman–Crippen MR) is 120 cm³/mol. The largest absolute Gasteiger partial charge is 0.452 e. The van der Waals surface area contributed by atoms with Gasteiger partial charge in [0.05, 0.1) is 10.5 Å². The lowest BCUT2D eigenvalue weighted by Crippen LogP contribution is -2.51. The molecule has 2 aromatic rings. The van der Waals surface area contributed by atoms with Gasteiger partial charge in [-0.25, -0.2) is 13.2 Å². The van der Waals surface area contributed by atoms with Crippen LogP contribution in [0.15, 0.2) is 35.2 Å². The van der Waals surface area contributed by atoms with Gasteiger partial charge in [-0.3, -0.25) is 9.59 Å². The Labute approximate surface area is 191 Å². The van der Waals surface area contributed by atoms with Gasteiger partial charge in [0, 0.05) is 38.0 Å². The smallest absolute Gasteiger partial charge is 0.341 e. The van der Waals surface area contributed by atoms with E-state index in [0.29, 0.717) is 10.6 Å². The Hall–Kier alpha value is -2.76. The molecule has 172 valence electrons. The molecule has 1 N–H and O–H groups in total. The van der Waals surface area contributed by atoms with Gasteiger partial charge in [-0.15, -0.1) is 11.3 Å². The Kier molecular flexibility index (Phi) is 7.32. The molecule has 1 saturated heterocycles. The Morgan fingerprint density at radius 1 is 1.06 bits per heavy atom. The number of esters is 1. The Morgan fingerprint density at radius 3 is 2.28 bits per heavy atom.